The number of rotatable bonds is 8. The van der Waals surface area contributed by atoms with Gasteiger partial charge in [-0.25, -0.2) is 0 Å². The van der Waals surface area contributed by atoms with Crippen molar-refractivity contribution in [2.24, 2.45) is 5.73 Å². The average Bonchev–Trinajstić information content (AvgIpc) is 3.02. The van der Waals surface area contributed by atoms with Crippen LogP contribution in [0.5, 0.6) is 0 Å². The zero-order valence-corrected chi connectivity index (χ0v) is 15.2. The van der Waals surface area contributed by atoms with Crippen molar-refractivity contribution in [2.75, 3.05) is 0 Å². The molecule has 1 aromatic rings. The number of benzene rings is 1. The molecule has 0 heterocycles. The van der Waals surface area contributed by atoms with Crippen LogP contribution in [0.2, 0.25) is 0 Å². The van der Waals surface area contributed by atoms with Crippen molar-refractivity contribution in [3.63, 3.8) is 0 Å². The molecule has 0 bridgehead atoms. The van der Waals surface area contributed by atoms with Crippen LogP contribution in [-0.2, 0) is 16.0 Å². The molecule has 0 saturated heterocycles. The Kier molecular flexibility index (Phi) is 7.81. The van der Waals surface area contributed by atoms with Crippen molar-refractivity contribution in [1.29, 1.82) is 0 Å². The zero-order valence-electron chi connectivity index (χ0n) is 15.2. The van der Waals surface area contributed by atoms with Crippen LogP contribution < -0.4 is 16.4 Å². The van der Waals surface area contributed by atoms with E-state index in [9.17, 15) is 14.7 Å². The highest BCUT2D eigenvalue weighted by Crippen LogP contribution is 2.18. The molecule has 6 nitrogen and oxygen atoms in total. The molecule has 0 spiro atoms. The summed E-state index contributed by atoms with van der Waals surface area (Å²) in [6, 6.07) is 9.13. The summed E-state index contributed by atoms with van der Waals surface area (Å²) in [5.74, 6) is -0.448. The number of aryl methyl sites for hydroxylation is 1. The lowest BCUT2D eigenvalue weighted by atomic mass is 10.0. The van der Waals surface area contributed by atoms with Crippen molar-refractivity contribution in [3.8, 4) is 0 Å². The molecular weight excluding hydrogens is 330 g/mol. The monoisotopic (exact) mass is 359 g/mol. The first-order valence-corrected chi connectivity index (χ1v) is 9.20. The Morgan fingerprint density at radius 1 is 1.31 bits per heavy atom. The molecule has 2 amide bonds. The number of amides is 2. The second-order valence-electron chi connectivity index (χ2n) is 6.96. The van der Waals surface area contributed by atoms with Gasteiger partial charge in [-0.1, -0.05) is 36.4 Å². The third-order valence-corrected chi connectivity index (χ3v) is 4.56. The predicted octanol–water partition coefficient (Wildman–Crippen LogP) is 1.04. The largest absolute Gasteiger partial charge is 0.393 e. The van der Waals surface area contributed by atoms with Crippen LogP contribution in [0.25, 0.3) is 0 Å². The van der Waals surface area contributed by atoms with Crippen LogP contribution in [0.3, 0.4) is 0 Å². The highest BCUT2D eigenvalue weighted by molar-refractivity contribution is 5.88. The van der Waals surface area contributed by atoms with E-state index in [2.05, 4.69) is 10.6 Å². The van der Waals surface area contributed by atoms with E-state index in [0.29, 0.717) is 12.8 Å². The smallest absolute Gasteiger partial charge is 0.243 e. The van der Waals surface area contributed by atoms with Crippen LogP contribution in [0.15, 0.2) is 42.5 Å². The first-order chi connectivity index (χ1) is 12.4. The molecule has 26 heavy (non-hydrogen) atoms. The van der Waals surface area contributed by atoms with Gasteiger partial charge >= 0.3 is 0 Å². The van der Waals surface area contributed by atoms with E-state index in [-0.39, 0.29) is 30.0 Å². The Morgan fingerprint density at radius 3 is 2.65 bits per heavy atom. The molecule has 142 valence electrons. The van der Waals surface area contributed by atoms with Gasteiger partial charge in [-0.3, -0.25) is 9.59 Å². The van der Waals surface area contributed by atoms with Crippen molar-refractivity contribution >= 4 is 11.8 Å². The van der Waals surface area contributed by atoms with Crippen LogP contribution in [0.4, 0.5) is 0 Å². The van der Waals surface area contributed by atoms with E-state index >= 15 is 0 Å². The van der Waals surface area contributed by atoms with Crippen molar-refractivity contribution < 1.29 is 14.7 Å². The van der Waals surface area contributed by atoms with E-state index < -0.39 is 6.04 Å². The van der Waals surface area contributed by atoms with Crippen LogP contribution in [-0.4, -0.2) is 41.2 Å². The minimum atomic E-state index is -0.601. The minimum absolute atomic E-state index is 0.0172. The summed E-state index contributed by atoms with van der Waals surface area (Å²) < 4.78 is 0. The normalized spacial score (nSPS) is 22.1. The number of nitrogens with one attached hydrogen (secondary N) is 2. The molecule has 0 aromatic heterocycles. The van der Waals surface area contributed by atoms with Gasteiger partial charge in [-0.15, -0.1) is 0 Å². The number of carbonyl (C=O) groups excluding carboxylic acids is 2. The quantitative estimate of drug-likeness (QED) is 0.521. The first kappa shape index (κ1) is 20.1. The van der Waals surface area contributed by atoms with Crippen molar-refractivity contribution in [2.45, 2.75) is 63.3 Å². The maximum atomic E-state index is 12.1. The minimum Gasteiger partial charge on any atom is -0.393 e. The fourth-order valence-electron chi connectivity index (χ4n) is 3.04. The SMILES string of the molecule is C[C@H](N)C(=O)N[C@H](/C=C/C(=O)N[C@@H]1CC[C@H](O)C1)CCc1ccccc1. The van der Waals surface area contributed by atoms with Gasteiger partial charge in [0.05, 0.1) is 12.1 Å². The summed E-state index contributed by atoms with van der Waals surface area (Å²) in [5.41, 5.74) is 6.80. The van der Waals surface area contributed by atoms with Gasteiger partial charge in [0, 0.05) is 18.2 Å². The highest BCUT2D eigenvalue weighted by atomic mass is 16.3. The lowest BCUT2D eigenvalue weighted by molar-refractivity contribution is -0.122. The fourth-order valence-corrected chi connectivity index (χ4v) is 3.04. The summed E-state index contributed by atoms with van der Waals surface area (Å²) in [4.78, 5) is 24.0. The summed E-state index contributed by atoms with van der Waals surface area (Å²) in [6.07, 6.45) is 6.41. The third-order valence-electron chi connectivity index (χ3n) is 4.56. The van der Waals surface area contributed by atoms with Gasteiger partial charge < -0.3 is 21.5 Å². The summed E-state index contributed by atoms with van der Waals surface area (Å²) in [7, 11) is 0. The first-order valence-electron chi connectivity index (χ1n) is 9.20. The van der Waals surface area contributed by atoms with Gasteiger partial charge in [0.25, 0.3) is 0 Å². The van der Waals surface area contributed by atoms with Crippen molar-refractivity contribution in [1.82, 2.24) is 10.6 Å². The number of nitrogens with two attached hydrogens (primary N) is 1. The van der Waals surface area contributed by atoms with Crippen molar-refractivity contribution in [3.05, 3.63) is 48.0 Å². The molecule has 1 fully saturated rings. The van der Waals surface area contributed by atoms with Crippen LogP contribution >= 0.6 is 0 Å². The Bertz CT molecular complexity index is 616. The Hall–Kier alpha value is -2.18. The molecule has 2 rings (SSSR count). The number of hydrogen-bond donors (Lipinski definition) is 4. The van der Waals surface area contributed by atoms with Crippen LogP contribution in [0.1, 0.15) is 38.2 Å². The molecule has 1 saturated carbocycles. The van der Waals surface area contributed by atoms with Crippen LogP contribution in [0, 0.1) is 0 Å². The Labute approximate surface area is 154 Å². The summed E-state index contributed by atoms with van der Waals surface area (Å²) >= 11 is 0. The second kappa shape index (κ2) is 10.1. The lowest BCUT2D eigenvalue weighted by Gasteiger charge is -2.17. The molecule has 1 aromatic carbocycles. The fraction of sp³-hybridized carbons (Fsp3) is 0.500. The second-order valence-corrected chi connectivity index (χ2v) is 6.96. The van der Waals surface area contributed by atoms with E-state index in [0.717, 1.165) is 19.3 Å². The zero-order chi connectivity index (χ0) is 18.9. The predicted molar refractivity (Wildman–Crippen MR) is 101 cm³/mol. The topological polar surface area (TPSA) is 104 Å². The van der Waals surface area contributed by atoms with Gasteiger partial charge in [-0.2, -0.15) is 0 Å². The average molecular weight is 359 g/mol. The number of hydrogen-bond acceptors (Lipinski definition) is 4. The number of aliphatic hydroxyl groups excluding tert-OH is 1. The van der Waals surface area contributed by atoms with Gasteiger partial charge in [-0.05, 0) is 44.6 Å². The molecule has 0 radical (unpaired) electrons. The van der Waals surface area contributed by atoms with E-state index in [1.54, 1.807) is 13.0 Å². The van der Waals surface area contributed by atoms with Gasteiger partial charge in [0.15, 0.2) is 0 Å². The molecule has 1 aliphatic carbocycles. The highest BCUT2D eigenvalue weighted by Gasteiger charge is 2.23. The summed E-state index contributed by atoms with van der Waals surface area (Å²) in [5, 5.41) is 15.3. The van der Waals surface area contributed by atoms with Gasteiger partial charge in [0.1, 0.15) is 0 Å². The Morgan fingerprint density at radius 2 is 2.04 bits per heavy atom. The molecule has 0 unspecified atom stereocenters. The number of carbonyl (C=O) groups is 2. The maximum Gasteiger partial charge on any atom is 0.243 e. The van der Waals surface area contributed by atoms with E-state index in [4.69, 9.17) is 5.73 Å². The maximum absolute atomic E-state index is 12.1. The molecule has 1 aliphatic rings. The van der Waals surface area contributed by atoms with E-state index in [1.165, 1.54) is 11.6 Å². The molecule has 0 aliphatic heterocycles. The lowest BCUT2D eigenvalue weighted by Crippen LogP contribution is -2.43. The molecule has 6 heteroatoms. The number of aliphatic hydroxyl groups is 1. The van der Waals surface area contributed by atoms with E-state index in [1.807, 2.05) is 30.3 Å². The molecular formula is C20H29N3O3. The Balaban J connectivity index is 1.91. The molecule has 4 atom stereocenters. The summed E-state index contributed by atoms with van der Waals surface area (Å²) in [6.45, 7) is 1.63. The van der Waals surface area contributed by atoms with Gasteiger partial charge in [0.2, 0.25) is 11.8 Å². The standard InChI is InChI=1S/C20H29N3O3/c1-14(21)20(26)23-16(8-7-15-5-3-2-4-6-15)10-12-19(25)22-17-9-11-18(24)13-17/h2-6,10,12,14,16-18,24H,7-9,11,13,21H2,1H3,(H,22,25)(H,23,26)/b12-10+/t14-,16-,17+,18-/m0/s1. The molecule has 5 N–H and O–H groups in total. The third kappa shape index (κ3) is 6.98.